The van der Waals surface area contributed by atoms with Crippen molar-refractivity contribution in [2.24, 2.45) is 11.8 Å². The molecular weight excluding hydrogens is 170 g/mol. The molecule has 3 fully saturated rings. The Bertz CT molecular complexity index is 224. The molecule has 2 unspecified atom stereocenters. The molecular formula is C13H21N. The molecule has 2 heterocycles. The minimum absolute atomic E-state index is 0.947. The van der Waals surface area contributed by atoms with Crippen LogP contribution in [0.3, 0.4) is 0 Å². The highest BCUT2D eigenvalue weighted by Crippen LogP contribution is 2.44. The molecule has 14 heavy (non-hydrogen) atoms. The molecule has 1 heteroatoms. The fraction of sp³-hybridized carbons (Fsp3) is 0.846. The van der Waals surface area contributed by atoms with E-state index in [4.69, 9.17) is 0 Å². The predicted octanol–water partition coefficient (Wildman–Crippen LogP) is 2.83. The van der Waals surface area contributed by atoms with Gasteiger partial charge in [-0.15, -0.1) is 0 Å². The largest absolute Gasteiger partial charge is 0.300 e. The number of rotatable bonds is 0. The van der Waals surface area contributed by atoms with Crippen LogP contribution >= 0.6 is 0 Å². The van der Waals surface area contributed by atoms with E-state index in [9.17, 15) is 0 Å². The van der Waals surface area contributed by atoms with Gasteiger partial charge < -0.3 is 0 Å². The third-order valence-electron chi connectivity index (χ3n) is 4.53. The molecule has 3 aliphatic rings. The topological polar surface area (TPSA) is 3.24 Å². The molecule has 3 rings (SSSR count). The van der Waals surface area contributed by atoms with Crippen LogP contribution in [0.5, 0.6) is 0 Å². The first kappa shape index (κ1) is 8.96. The SMILES string of the molecule is C=C1CC2CCCN3CCCC(C1)C23. The Morgan fingerprint density at radius 3 is 2.14 bits per heavy atom. The summed E-state index contributed by atoms with van der Waals surface area (Å²) in [5, 5.41) is 0. The lowest BCUT2D eigenvalue weighted by Gasteiger charge is -2.52. The van der Waals surface area contributed by atoms with Crippen LogP contribution in [-0.2, 0) is 0 Å². The standard InChI is InChI=1S/C13H21N/c1-10-8-11-4-2-6-14-7-3-5-12(9-10)13(11)14/h11-13H,1-9H2. The number of piperidine rings is 2. The molecule has 1 saturated carbocycles. The Morgan fingerprint density at radius 2 is 1.57 bits per heavy atom. The molecule has 1 aliphatic carbocycles. The summed E-state index contributed by atoms with van der Waals surface area (Å²) < 4.78 is 0. The molecule has 0 aromatic carbocycles. The zero-order chi connectivity index (χ0) is 9.54. The summed E-state index contributed by atoms with van der Waals surface area (Å²) >= 11 is 0. The Kier molecular flexibility index (Phi) is 2.16. The van der Waals surface area contributed by atoms with Crippen molar-refractivity contribution in [2.75, 3.05) is 13.1 Å². The summed E-state index contributed by atoms with van der Waals surface area (Å²) in [5.74, 6) is 1.94. The zero-order valence-corrected chi connectivity index (χ0v) is 9.04. The second-order valence-electron chi connectivity index (χ2n) is 5.49. The summed E-state index contributed by atoms with van der Waals surface area (Å²) in [6.45, 7) is 6.99. The van der Waals surface area contributed by atoms with Crippen molar-refractivity contribution in [1.29, 1.82) is 0 Å². The van der Waals surface area contributed by atoms with E-state index in [1.165, 1.54) is 51.6 Å². The third-order valence-corrected chi connectivity index (χ3v) is 4.53. The summed E-state index contributed by atoms with van der Waals surface area (Å²) in [5.41, 5.74) is 1.54. The molecule has 2 aliphatic heterocycles. The lowest BCUT2D eigenvalue weighted by Crippen LogP contribution is -2.54. The molecule has 2 saturated heterocycles. The highest BCUT2D eigenvalue weighted by molar-refractivity contribution is 5.09. The van der Waals surface area contributed by atoms with Gasteiger partial charge in [-0.1, -0.05) is 12.2 Å². The number of allylic oxidation sites excluding steroid dienone is 1. The molecule has 1 nitrogen and oxygen atoms in total. The van der Waals surface area contributed by atoms with Crippen LogP contribution in [0.15, 0.2) is 12.2 Å². The highest BCUT2D eigenvalue weighted by atomic mass is 15.2. The quantitative estimate of drug-likeness (QED) is 0.532. The Labute approximate surface area is 87.2 Å². The summed E-state index contributed by atoms with van der Waals surface area (Å²) in [6, 6.07) is 0.947. The van der Waals surface area contributed by atoms with E-state index in [2.05, 4.69) is 11.5 Å². The van der Waals surface area contributed by atoms with Crippen molar-refractivity contribution >= 4 is 0 Å². The van der Waals surface area contributed by atoms with Crippen LogP contribution in [0.1, 0.15) is 38.5 Å². The van der Waals surface area contributed by atoms with Crippen LogP contribution in [0, 0.1) is 11.8 Å². The van der Waals surface area contributed by atoms with Gasteiger partial charge in [0.15, 0.2) is 0 Å². The monoisotopic (exact) mass is 191 g/mol. The minimum Gasteiger partial charge on any atom is -0.300 e. The van der Waals surface area contributed by atoms with Crippen LogP contribution in [0.4, 0.5) is 0 Å². The molecule has 2 atom stereocenters. The summed E-state index contributed by atoms with van der Waals surface area (Å²) in [4.78, 5) is 2.79. The van der Waals surface area contributed by atoms with Gasteiger partial charge in [-0.3, -0.25) is 4.90 Å². The van der Waals surface area contributed by atoms with Gasteiger partial charge in [0.25, 0.3) is 0 Å². The van der Waals surface area contributed by atoms with Crippen molar-refractivity contribution in [1.82, 2.24) is 4.90 Å². The third kappa shape index (κ3) is 1.33. The first-order valence-corrected chi connectivity index (χ1v) is 6.25. The van der Waals surface area contributed by atoms with Crippen molar-refractivity contribution in [3.8, 4) is 0 Å². The highest BCUT2D eigenvalue weighted by Gasteiger charge is 2.41. The Balaban J connectivity index is 1.85. The number of nitrogens with zero attached hydrogens (tertiary/aromatic N) is 1. The maximum atomic E-state index is 4.23. The first-order chi connectivity index (χ1) is 6.84. The van der Waals surface area contributed by atoms with E-state index < -0.39 is 0 Å². The maximum Gasteiger partial charge on any atom is 0.0158 e. The van der Waals surface area contributed by atoms with E-state index in [1.807, 2.05) is 0 Å². The smallest absolute Gasteiger partial charge is 0.0158 e. The van der Waals surface area contributed by atoms with E-state index in [1.54, 1.807) is 5.57 Å². The Morgan fingerprint density at radius 1 is 1.00 bits per heavy atom. The number of hydrogen-bond donors (Lipinski definition) is 0. The molecule has 0 aromatic heterocycles. The van der Waals surface area contributed by atoms with Gasteiger partial charge >= 0.3 is 0 Å². The number of hydrogen-bond acceptors (Lipinski definition) is 1. The second kappa shape index (κ2) is 3.37. The first-order valence-electron chi connectivity index (χ1n) is 6.25. The fourth-order valence-corrected chi connectivity index (χ4v) is 4.12. The minimum atomic E-state index is 0.947. The summed E-state index contributed by atoms with van der Waals surface area (Å²) in [7, 11) is 0. The second-order valence-corrected chi connectivity index (χ2v) is 5.49. The van der Waals surface area contributed by atoms with Crippen LogP contribution in [0.2, 0.25) is 0 Å². The van der Waals surface area contributed by atoms with Crippen LogP contribution < -0.4 is 0 Å². The molecule has 0 bridgehead atoms. The van der Waals surface area contributed by atoms with Gasteiger partial charge in [0.05, 0.1) is 0 Å². The van der Waals surface area contributed by atoms with Gasteiger partial charge in [-0.25, -0.2) is 0 Å². The predicted molar refractivity (Wildman–Crippen MR) is 59.2 cm³/mol. The normalized spacial score (nSPS) is 43.4. The van der Waals surface area contributed by atoms with E-state index in [0.29, 0.717) is 0 Å². The van der Waals surface area contributed by atoms with E-state index in [0.717, 1.165) is 17.9 Å². The zero-order valence-electron chi connectivity index (χ0n) is 9.04. The molecule has 0 N–H and O–H groups in total. The lowest BCUT2D eigenvalue weighted by molar-refractivity contribution is 0.00275. The average Bonchev–Trinajstić information content (AvgIpc) is 2.18. The molecule has 0 amide bonds. The van der Waals surface area contributed by atoms with Crippen LogP contribution in [0.25, 0.3) is 0 Å². The molecule has 78 valence electrons. The van der Waals surface area contributed by atoms with Crippen molar-refractivity contribution in [3.05, 3.63) is 12.2 Å². The lowest BCUT2D eigenvalue weighted by atomic mass is 9.67. The Hall–Kier alpha value is -0.300. The maximum absolute atomic E-state index is 4.23. The molecule has 0 aromatic rings. The molecule has 0 radical (unpaired) electrons. The van der Waals surface area contributed by atoms with Gasteiger partial charge in [0.2, 0.25) is 0 Å². The van der Waals surface area contributed by atoms with Gasteiger partial charge in [-0.2, -0.15) is 0 Å². The molecule has 0 spiro atoms. The van der Waals surface area contributed by atoms with Crippen LogP contribution in [-0.4, -0.2) is 24.0 Å². The van der Waals surface area contributed by atoms with Gasteiger partial charge in [-0.05, 0) is 63.5 Å². The average molecular weight is 191 g/mol. The van der Waals surface area contributed by atoms with Gasteiger partial charge in [0.1, 0.15) is 0 Å². The van der Waals surface area contributed by atoms with Crippen molar-refractivity contribution < 1.29 is 0 Å². The van der Waals surface area contributed by atoms with E-state index in [-0.39, 0.29) is 0 Å². The van der Waals surface area contributed by atoms with Gasteiger partial charge in [0, 0.05) is 6.04 Å². The van der Waals surface area contributed by atoms with Crippen molar-refractivity contribution in [2.45, 2.75) is 44.6 Å². The van der Waals surface area contributed by atoms with E-state index >= 15 is 0 Å². The van der Waals surface area contributed by atoms with Crippen molar-refractivity contribution in [3.63, 3.8) is 0 Å². The fourth-order valence-electron chi connectivity index (χ4n) is 4.12. The summed E-state index contributed by atoms with van der Waals surface area (Å²) in [6.07, 6.45) is 8.46.